The first kappa shape index (κ1) is 17.7. The van der Waals surface area contributed by atoms with Crippen LogP contribution in [0.5, 0.6) is 0 Å². The number of benzene rings is 2. The second-order valence-corrected chi connectivity index (χ2v) is 6.08. The van der Waals surface area contributed by atoms with Crippen LogP contribution in [-0.2, 0) is 22.4 Å². The van der Waals surface area contributed by atoms with Crippen LogP contribution in [0.4, 0.5) is 0 Å². The Hall–Kier alpha value is -2.62. The van der Waals surface area contributed by atoms with Gasteiger partial charge in [0.2, 0.25) is 5.91 Å². The van der Waals surface area contributed by atoms with Gasteiger partial charge in [-0.3, -0.25) is 9.59 Å². The summed E-state index contributed by atoms with van der Waals surface area (Å²) in [4.78, 5) is 23.6. The fraction of sp³-hybridized carbons (Fsp3) is 0.300. The molecule has 24 heavy (non-hydrogen) atoms. The van der Waals surface area contributed by atoms with E-state index < -0.39 is 11.9 Å². The number of aryl methyl sites for hydroxylation is 2. The molecule has 0 saturated carbocycles. The molecule has 2 aromatic carbocycles. The zero-order valence-electron chi connectivity index (χ0n) is 14.1. The predicted octanol–water partition coefficient (Wildman–Crippen LogP) is 2.91. The Morgan fingerprint density at radius 3 is 2.21 bits per heavy atom. The van der Waals surface area contributed by atoms with E-state index in [9.17, 15) is 14.7 Å². The number of hydrogen-bond acceptors (Lipinski definition) is 2. The maximum atomic E-state index is 12.2. The van der Waals surface area contributed by atoms with Gasteiger partial charge in [0.05, 0.1) is 12.3 Å². The van der Waals surface area contributed by atoms with Gasteiger partial charge in [-0.2, -0.15) is 0 Å². The highest BCUT2D eigenvalue weighted by molar-refractivity contribution is 5.80. The number of carboxylic acid groups (broad SMARTS) is 1. The Kier molecular flexibility index (Phi) is 6.13. The molecule has 0 saturated heterocycles. The average Bonchev–Trinajstić information content (AvgIpc) is 2.55. The summed E-state index contributed by atoms with van der Waals surface area (Å²) in [6.07, 6.45) is 0.677. The van der Waals surface area contributed by atoms with E-state index in [0.717, 1.165) is 22.3 Å². The smallest absolute Gasteiger partial charge is 0.308 e. The zero-order chi connectivity index (χ0) is 17.5. The minimum Gasteiger partial charge on any atom is -0.481 e. The number of aliphatic carboxylic acids is 1. The molecule has 126 valence electrons. The predicted molar refractivity (Wildman–Crippen MR) is 93.9 cm³/mol. The van der Waals surface area contributed by atoms with Crippen LogP contribution in [0.15, 0.2) is 48.5 Å². The highest BCUT2D eigenvalue weighted by Gasteiger charge is 2.19. The lowest BCUT2D eigenvalue weighted by Crippen LogP contribution is -2.35. The molecule has 0 aliphatic carbocycles. The summed E-state index contributed by atoms with van der Waals surface area (Å²) in [5, 5.41) is 12.1. The van der Waals surface area contributed by atoms with Crippen molar-refractivity contribution >= 4 is 11.9 Å². The van der Waals surface area contributed by atoms with Crippen LogP contribution < -0.4 is 5.32 Å². The van der Waals surface area contributed by atoms with Crippen LogP contribution >= 0.6 is 0 Å². The SMILES string of the molecule is Cc1cccc(C)c1CC(=O)NCC(Cc1ccccc1)C(=O)O. The molecular weight excluding hydrogens is 302 g/mol. The van der Waals surface area contributed by atoms with E-state index in [2.05, 4.69) is 5.32 Å². The third-order valence-corrected chi connectivity index (χ3v) is 4.20. The highest BCUT2D eigenvalue weighted by Crippen LogP contribution is 2.14. The lowest BCUT2D eigenvalue weighted by Gasteiger charge is -2.15. The Morgan fingerprint density at radius 1 is 1.00 bits per heavy atom. The first-order valence-corrected chi connectivity index (χ1v) is 8.06. The molecule has 0 bridgehead atoms. The van der Waals surface area contributed by atoms with E-state index in [1.807, 2.05) is 62.4 Å². The van der Waals surface area contributed by atoms with Crippen LogP contribution in [0.25, 0.3) is 0 Å². The standard InChI is InChI=1S/C20H23NO3/c1-14-7-6-8-15(2)18(14)12-19(22)21-13-17(20(23)24)11-16-9-4-3-5-10-16/h3-10,17H,11-13H2,1-2H3,(H,21,22)(H,23,24). The minimum absolute atomic E-state index is 0.133. The Labute approximate surface area is 142 Å². The van der Waals surface area contributed by atoms with Crippen LogP contribution in [0, 0.1) is 19.8 Å². The summed E-state index contributed by atoms with van der Waals surface area (Å²) >= 11 is 0. The molecule has 0 aromatic heterocycles. The van der Waals surface area contributed by atoms with Gasteiger partial charge in [0.1, 0.15) is 0 Å². The van der Waals surface area contributed by atoms with Crippen molar-refractivity contribution in [2.75, 3.05) is 6.54 Å². The summed E-state index contributed by atoms with van der Waals surface area (Å²) in [5.41, 5.74) is 4.10. The normalized spacial score (nSPS) is 11.8. The average molecular weight is 325 g/mol. The summed E-state index contributed by atoms with van der Waals surface area (Å²) in [6.45, 7) is 4.09. The van der Waals surface area contributed by atoms with Crippen LogP contribution in [0.2, 0.25) is 0 Å². The van der Waals surface area contributed by atoms with E-state index in [4.69, 9.17) is 0 Å². The summed E-state index contributed by atoms with van der Waals surface area (Å²) in [5.74, 6) is -1.67. The van der Waals surface area contributed by atoms with Crippen molar-refractivity contribution in [3.8, 4) is 0 Å². The van der Waals surface area contributed by atoms with E-state index in [-0.39, 0.29) is 18.9 Å². The first-order chi connectivity index (χ1) is 11.5. The highest BCUT2D eigenvalue weighted by atomic mass is 16.4. The van der Waals surface area contributed by atoms with E-state index in [0.29, 0.717) is 6.42 Å². The van der Waals surface area contributed by atoms with Crippen molar-refractivity contribution in [2.45, 2.75) is 26.7 Å². The van der Waals surface area contributed by atoms with E-state index in [1.165, 1.54) is 0 Å². The Morgan fingerprint density at radius 2 is 1.62 bits per heavy atom. The number of hydrogen-bond donors (Lipinski definition) is 2. The second-order valence-electron chi connectivity index (χ2n) is 6.08. The number of amides is 1. The largest absolute Gasteiger partial charge is 0.481 e. The van der Waals surface area contributed by atoms with Crippen molar-refractivity contribution in [3.63, 3.8) is 0 Å². The van der Waals surface area contributed by atoms with Gasteiger partial charge >= 0.3 is 5.97 Å². The first-order valence-electron chi connectivity index (χ1n) is 8.06. The third-order valence-electron chi connectivity index (χ3n) is 4.20. The van der Waals surface area contributed by atoms with Gasteiger partial charge in [0, 0.05) is 6.54 Å². The maximum absolute atomic E-state index is 12.2. The van der Waals surface area contributed by atoms with E-state index >= 15 is 0 Å². The molecular formula is C20H23NO3. The maximum Gasteiger partial charge on any atom is 0.308 e. The van der Waals surface area contributed by atoms with Crippen molar-refractivity contribution in [2.24, 2.45) is 5.92 Å². The number of nitrogens with one attached hydrogen (secondary N) is 1. The third kappa shape index (κ3) is 4.95. The molecule has 0 aliphatic heterocycles. The van der Waals surface area contributed by atoms with Gasteiger partial charge in [0.15, 0.2) is 0 Å². The van der Waals surface area contributed by atoms with Crippen LogP contribution in [0.3, 0.4) is 0 Å². The molecule has 0 radical (unpaired) electrons. The zero-order valence-corrected chi connectivity index (χ0v) is 14.1. The van der Waals surface area contributed by atoms with E-state index in [1.54, 1.807) is 0 Å². The van der Waals surface area contributed by atoms with Gasteiger partial charge in [0.25, 0.3) is 0 Å². The summed E-state index contributed by atoms with van der Waals surface area (Å²) in [6, 6.07) is 15.4. The van der Waals surface area contributed by atoms with Gasteiger partial charge < -0.3 is 10.4 Å². The van der Waals surface area contributed by atoms with Gasteiger partial charge in [-0.1, -0.05) is 48.5 Å². The molecule has 2 rings (SSSR count). The summed E-state index contributed by atoms with van der Waals surface area (Å²) < 4.78 is 0. The number of carbonyl (C=O) groups is 2. The second kappa shape index (κ2) is 8.29. The van der Waals surface area contributed by atoms with Gasteiger partial charge in [-0.05, 0) is 42.5 Å². The van der Waals surface area contributed by atoms with Crippen molar-refractivity contribution < 1.29 is 14.7 Å². The molecule has 2 aromatic rings. The van der Waals surface area contributed by atoms with Crippen molar-refractivity contribution in [1.82, 2.24) is 5.32 Å². The van der Waals surface area contributed by atoms with Gasteiger partial charge in [-0.25, -0.2) is 0 Å². The molecule has 4 heteroatoms. The number of carboxylic acids is 1. The quantitative estimate of drug-likeness (QED) is 0.822. The minimum atomic E-state index is -0.897. The molecule has 1 amide bonds. The molecule has 1 unspecified atom stereocenters. The molecule has 0 spiro atoms. The monoisotopic (exact) mass is 325 g/mol. The number of carbonyl (C=O) groups excluding carboxylic acids is 1. The van der Waals surface area contributed by atoms with Crippen molar-refractivity contribution in [1.29, 1.82) is 0 Å². The molecule has 0 fully saturated rings. The fourth-order valence-corrected chi connectivity index (χ4v) is 2.73. The molecule has 0 heterocycles. The van der Waals surface area contributed by atoms with Crippen molar-refractivity contribution in [3.05, 3.63) is 70.8 Å². The molecule has 1 atom stereocenters. The lowest BCUT2D eigenvalue weighted by molar-refractivity contribution is -0.141. The van der Waals surface area contributed by atoms with Crippen LogP contribution in [0.1, 0.15) is 22.3 Å². The molecule has 4 nitrogen and oxygen atoms in total. The number of rotatable bonds is 7. The topological polar surface area (TPSA) is 66.4 Å². The molecule has 2 N–H and O–H groups in total. The fourth-order valence-electron chi connectivity index (χ4n) is 2.73. The Balaban J connectivity index is 1.94. The lowest BCUT2D eigenvalue weighted by atomic mass is 9.98. The van der Waals surface area contributed by atoms with Crippen LogP contribution in [-0.4, -0.2) is 23.5 Å². The Bertz CT molecular complexity index is 690. The summed E-state index contributed by atoms with van der Waals surface area (Å²) in [7, 11) is 0. The van der Waals surface area contributed by atoms with Gasteiger partial charge in [-0.15, -0.1) is 0 Å². The molecule has 0 aliphatic rings.